The summed E-state index contributed by atoms with van der Waals surface area (Å²) in [4.78, 5) is 47.7. The topological polar surface area (TPSA) is 116 Å². The zero-order valence-corrected chi connectivity index (χ0v) is 19.5. The molecule has 0 spiro atoms. The van der Waals surface area contributed by atoms with E-state index in [1.54, 1.807) is 48.5 Å². The van der Waals surface area contributed by atoms with Crippen molar-refractivity contribution in [2.24, 2.45) is 11.8 Å². The van der Waals surface area contributed by atoms with Crippen molar-refractivity contribution in [1.29, 1.82) is 0 Å². The Bertz CT molecular complexity index is 887. The number of hydrogen-bond donors (Lipinski definition) is 4. The summed E-state index contributed by atoms with van der Waals surface area (Å²) < 4.78 is 0. The molecule has 2 aromatic carbocycles. The predicted octanol–water partition coefficient (Wildman–Crippen LogP) is 4.62. The molecule has 4 N–H and O–H groups in total. The van der Waals surface area contributed by atoms with Gasteiger partial charge in [0.15, 0.2) is 0 Å². The van der Waals surface area contributed by atoms with Crippen molar-refractivity contribution in [3.05, 3.63) is 48.5 Å². The zero-order valence-electron chi connectivity index (χ0n) is 19.5. The Morgan fingerprint density at radius 1 is 0.545 bits per heavy atom. The Morgan fingerprint density at radius 3 is 1.09 bits per heavy atom. The molecule has 0 bridgehead atoms. The van der Waals surface area contributed by atoms with Crippen molar-refractivity contribution >= 4 is 46.4 Å². The van der Waals surface area contributed by atoms with E-state index in [0.717, 1.165) is 0 Å². The number of benzene rings is 2. The second kappa shape index (κ2) is 12.4. The minimum absolute atomic E-state index is 0.0705. The van der Waals surface area contributed by atoms with Gasteiger partial charge in [-0.05, 0) is 55.0 Å². The third-order valence-electron chi connectivity index (χ3n) is 4.73. The third kappa shape index (κ3) is 9.14. The van der Waals surface area contributed by atoms with E-state index in [1.807, 2.05) is 27.7 Å². The van der Waals surface area contributed by atoms with Crippen LogP contribution in [0.5, 0.6) is 0 Å². The van der Waals surface area contributed by atoms with Gasteiger partial charge in [-0.25, -0.2) is 0 Å². The summed E-state index contributed by atoms with van der Waals surface area (Å²) in [6.07, 6.45) is 0.821. The lowest BCUT2D eigenvalue weighted by molar-refractivity contribution is -0.119. The normalized spacial score (nSPS) is 10.6. The van der Waals surface area contributed by atoms with Gasteiger partial charge in [-0.3, -0.25) is 19.2 Å². The van der Waals surface area contributed by atoms with Crippen molar-refractivity contribution in [3.8, 4) is 0 Å². The molecule has 0 fully saturated rings. The first-order valence-electron chi connectivity index (χ1n) is 11.1. The molecule has 8 heteroatoms. The number of carbonyl (C=O) groups is 4. The van der Waals surface area contributed by atoms with Crippen LogP contribution in [0.25, 0.3) is 0 Å². The molecule has 33 heavy (non-hydrogen) atoms. The number of anilines is 4. The van der Waals surface area contributed by atoms with E-state index in [9.17, 15) is 19.2 Å². The number of amides is 4. The van der Waals surface area contributed by atoms with Crippen molar-refractivity contribution in [3.63, 3.8) is 0 Å². The Labute approximate surface area is 194 Å². The van der Waals surface area contributed by atoms with Gasteiger partial charge in [0.05, 0.1) is 0 Å². The lowest BCUT2D eigenvalue weighted by Crippen LogP contribution is -2.18. The van der Waals surface area contributed by atoms with Gasteiger partial charge >= 0.3 is 0 Å². The Hall–Kier alpha value is -3.68. The number of hydrogen-bond acceptors (Lipinski definition) is 4. The van der Waals surface area contributed by atoms with Crippen LogP contribution in [0, 0.1) is 11.8 Å². The summed E-state index contributed by atoms with van der Waals surface area (Å²) in [5.74, 6) is -0.742. The van der Waals surface area contributed by atoms with Gasteiger partial charge in [0.25, 0.3) is 0 Å². The Balaban J connectivity index is 1.71. The number of carbonyl (C=O) groups excluding carboxylic acids is 4. The molecule has 0 radical (unpaired) electrons. The largest absolute Gasteiger partial charge is 0.326 e. The third-order valence-corrected chi connectivity index (χ3v) is 4.73. The molecule has 0 saturated carbocycles. The maximum absolute atomic E-state index is 12.1. The van der Waals surface area contributed by atoms with Crippen LogP contribution in [0.2, 0.25) is 0 Å². The number of rotatable bonds is 10. The average molecular weight is 453 g/mol. The van der Waals surface area contributed by atoms with Crippen LogP contribution in [-0.2, 0) is 19.2 Å². The Kier molecular flexibility index (Phi) is 9.60. The predicted molar refractivity (Wildman–Crippen MR) is 131 cm³/mol. The molecule has 0 aromatic heterocycles. The lowest BCUT2D eigenvalue weighted by atomic mass is 10.2. The lowest BCUT2D eigenvalue weighted by Gasteiger charge is -2.10. The van der Waals surface area contributed by atoms with Crippen LogP contribution in [0.1, 0.15) is 47.0 Å². The van der Waals surface area contributed by atoms with E-state index in [2.05, 4.69) is 21.3 Å². The van der Waals surface area contributed by atoms with E-state index in [-0.39, 0.29) is 48.3 Å². The fraction of sp³-hybridized carbons (Fsp3) is 0.360. The van der Waals surface area contributed by atoms with Crippen LogP contribution in [0.3, 0.4) is 0 Å². The van der Waals surface area contributed by atoms with Gasteiger partial charge < -0.3 is 21.3 Å². The average Bonchev–Trinajstić information content (AvgIpc) is 2.76. The minimum Gasteiger partial charge on any atom is -0.326 e. The van der Waals surface area contributed by atoms with Crippen molar-refractivity contribution < 1.29 is 19.2 Å². The first-order chi connectivity index (χ1) is 15.6. The van der Waals surface area contributed by atoms with Gasteiger partial charge in [0.1, 0.15) is 0 Å². The molecule has 0 aliphatic rings. The molecule has 2 aromatic rings. The Morgan fingerprint density at radius 2 is 0.818 bits per heavy atom. The molecule has 0 aliphatic carbocycles. The van der Waals surface area contributed by atoms with Crippen LogP contribution >= 0.6 is 0 Å². The molecule has 0 unspecified atom stereocenters. The maximum Gasteiger partial charge on any atom is 0.226 e. The molecule has 0 aliphatic heterocycles. The van der Waals surface area contributed by atoms with Crippen LogP contribution in [0.15, 0.2) is 48.5 Å². The summed E-state index contributed by atoms with van der Waals surface area (Å²) in [6.45, 7) is 7.26. The second-order valence-corrected chi connectivity index (χ2v) is 8.39. The molecule has 8 nitrogen and oxygen atoms in total. The van der Waals surface area contributed by atoms with Crippen LogP contribution in [-0.4, -0.2) is 23.6 Å². The monoisotopic (exact) mass is 452 g/mol. The van der Waals surface area contributed by atoms with Crippen molar-refractivity contribution in [2.45, 2.75) is 47.0 Å². The standard InChI is InChI=1S/C25H32N4O4/c1-16(2)24(32)28-20-12-8-18(9-13-20)26-22(30)6-5-7-23(31)27-19-10-14-21(15-11-19)29-25(33)17(3)4/h8-17H,5-7H2,1-4H3,(H,26,30)(H,27,31)(H,28,32)(H,29,33). The summed E-state index contributed by atoms with van der Waals surface area (Å²) >= 11 is 0. The molecular weight excluding hydrogens is 420 g/mol. The molecule has 176 valence electrons. The van der Waals surface area contributed by atoms with Crippen LogP contribution < -0.4 is 21.3 Å². The van der Waals surface area contributed by atoms with E-state index in [4.69, 9.17) is 0 Å². The molecule has 4 amide bonds. The zero-order chi connectivity index (χ0) is 24.4. The highest BCUT2D eigenvalue weighted by molar-refractivity contribution is 5.95. The number of nitrogens with one attached hydrogen (secondary N) is 4. The highest BCUT2D eigenvalue weighted by atomic mass is 16.2. The van der Waals surface area contributed by atoms with Gasteiger partial charge in [-0.1, -0.05) is 27.7 Å². The summed E-state index contributed by atoms with van der Waals surface area (Å²) in [7, 11) is 0. The second-order valence-electron chi connectivity index (χ2n) is 8.39. The van der Waals surface area contributed by atoms with E-state index >= 15 is 0 Å². The van der Waals surface area contributed by atoms with Gasteiger partial charge in [0, 0.05) is 47.4 Å². The van der Waals surface area contributed by atoms with Crippen molar-refractivity contribution in [2.75, 3.05) is 21.3 Å². The molecule has 2 rings (SSSR count). The van der Waals surface area contributed by atoms with E-state index in [0.29, 0.717) is 29.2 Å². The maximum atomic E-state index is 12.1. The highest BCUT2D eigenvalue weighted by Crippen LogP contribution is 2.16. The highest BCUT2D eigenvalue weighted by Gasteiger charge is 2.10. The fourth-order valence-electron chi connectivity index (χ4n) is 2.70. The van der Waals surface area contributed by atoms with Gasteiger partial charge in [-0.2, -0.15) is 0 Å². The van der Waals surface area contributed by atoms with E-state index in [1.165, 1.54) is 0 Å². The summed E-state index contributed by atoms with van der Waals surface area (Å²) in [6, 6.07) is 13.8. The molecule has 0 atom stereocenters. The summed E-state index contributed by atoms with van der Waals surface area (Å²) in [5, 5.41) is 11.1. The molecule has 0 saturated heterocycles. The van der Waals surface area contributed by atoms with Crippen molar-refractivity contribution in [1.82, 2.24) is 0 Å². The minimum atomic E-state index is -0.188. The first-order valence-corrected chi connectivity index (χ1v) is 11.1. The van der Waals surface area contributed by atoms with Gasteiger partial charge in [0.2, 0.25) is 23.6 Å². The smallest absolute Gasteiger partial charge is 0.226 e. The SMILES string of the molecule is CC(C)C(=O)Nc1ccc(NC(=O)CCCC(=O)Nc2ccc(NC(=O)C(C)C)cc2)cc1. The summed E-state index contributed by atoms with van der Waals surface area (Å²) in [5.41, 5.74) is 2.57. The van der Waals surface area contributed by atoms with Gasteiger partial charge in [-0.15, -0.1) is 0 Å². The first kappa shape index (κ1) is 25.6. The quantitative estimate of drug-likeness (QED) is 0.421. The van der Waals surface area contributed by atoms with E-state index < -0.39 is 0 Å². The molecular formula is C25H32N4O4. The molecule has 0 heterocycles. The van der Waals surface area contributed by atoms with Crippen LogP contribution in [0.4, 0.5) is 22.7 Å². The fourth-order valence-corrected chi connectivity index (χ4v) is 2.70.